The van der Waals surface area contributed by atoms with Gasteiger partial charge in [-0.05, 0) is 40.2 Å². The maximum atomic E-state index is 12.5. The molecule has 6 nitrogen and oxygen atoms in total. The number of esters is 1. The topological polar surface area (TPSA) is 59.1 Å². The molecule has 2 fully saturated rings. The zero-order valence-corrected chi connectivity index (χ0v) is 13.9. The number of morpholine rings is 1. The summed E-state index contributed by atoms with van der Waals surface area (Å²) in [5.74, 6) is -0.0937. The number of hydrogen-bond acceptors (Lipinski definition) is 5. The molecule has 0 aromatic carbocycles. The first-order chi connectivity index (χ1) is 10.5. The molecule has 2 saturated heterocycles. The lowest BCUT2D eigenvalue weighted by Crippen LogP contribution is -2.52. The molecule has 0 radical (unpaired) electrons. The first-order valence-electron chi connectivity index (χ1n) is 8.31. The molecule has 0 aliphatic carbocycles. The van der Waals surface area contributed by atoms with Gasteiger partial charge in [0.15, 0.2) is 0 Å². The van der Waals surface area contributed by atoms with E-state index < -0.39 is 0 Å². The van der Waals surface area contributed by atoms with Gasteiger partial charge >= 0.3 is 5.97 Å². The zero-order valence-electron chi connectivity index (χ0n) is 13.9. The highest BCUT2D eigenvalue weighted by atomic mass is 16.5. The minimum atomic E-state index is -0.131. The lowest BCUT2D eigenvalue weighted by atomic mass is 9.98. The van der Waals surface area contributed by atoms with E-state index in [1.165, 1.54) is 0 Å². The molecule has 0 aromatic rings. The fourth-order valence-electron chi connectivity index (χ4n) is 3.32. The Kier molecular flexibility index (Phi) is 6.20. The first kappa shape index (κ1) is 17.2. The number of hydrogen-bond donors (Lipinski definition) is 0. The van der Waals surface area contributed by atoms with Crippen LogP contribution in [0.15, 0.2) is 0 Å². The maximum absolute atomic E-state index is 12.5. The van der Waals surface area contributed by atoms with Gasteiger partial charge in [-0.2, -0.15) is 0 Å². The summed E-state index contributed by atoms with van der Waals surface area (Å²) in [4.78, 5) is 28.3. The molecule has 126 valence electrons. The number of rotatable bonds is 4. The van der Waals surface area contributed by atoms with Gasteiger partial charge in [0.2, 0.25) is 5.91 Å². The second-order valence-corrected chi connectivity index (χ2v) is 6.38. The van der Waals surface area contributed by atoms with E-state index in [0.717, 1.165) is 19.4 Å². The summed E-state index contributed by atoms with van der Waals surface area (Å²) in [6.45, 7) is 9.41. The van der Waals surface area contributed by atoms with Crippen LogP contribution >= 0.6 is 0 Å². The number of piperidine rings is 1. The number of likely N-dealkylation sites (tertiary alicyclic amines) is 1. The molecule has 2 aliphatic heterocycles. The third kappa shape index (κ3) is 4.68. The van der Waals surface area contributed by atoms with Crippen molar-refractivity contribution < 1.29 is 19.1 Å². The Balaban J connectivity index is 1.84. The van der Waals surface area contributed by atoms with Gasteiger partial charge in [0.1, 0.15) is 0 Å². The van der Waals surface area contributed by atoms with Crippen molar-refractivity contribution in [3.8, 4) is 0 Å². The van der Waals surface area contributed by atoms with Gasteiger partial charge in [0.05, 0.1) is 31.3 Å². The van der Waals surface area contributed by atoms with E-state index >= 15 is 0 Å². The zero-order chi connectivity index (χ0) is 16.1. The van der Waals surface area contributed by atoms with Crippen LogP contribution in [0.25, 0.3) is 0 Å². The van der Waals surface area contributed by atoms with Crippen LogP contribution in [0.3, 0.4) is 0 Å². The molecule has 3 atom stereocenters. The van der Waals surface area contributed by atoms with Crippen molar-refractivity contribution in [2.45, 2.75) is 45.8 Å². The standard InChI is InChI=1S/C16H28N2O4/c1-4-21-16(20)14-6-5-7-17(10-14)11-15(19)18-8-12(2)22-13(3)9-18/h12-14H,4-11H2,1-3H3. The SMILES string of the molecule is CCOC(=O)C1CCCN(CC(=O)N2CC(C)OC(C)C2)C1. The fraction of sp³-hybridized carbons (Fsp3) is 0.875. The van der Waals surface area contributed by atoms with Crippen LogP contribution in [0.1, 0.15) is 33.6 Å². The molecule has 6 heteroatoms. The average molecular weight is 312 g/mol. The first-order valence-corrected chi connectivity index (χ1v) is 8.31. The Morgan fingerprint density at radius 2 is 1.86 bits per heavy atom. The highest BCUT2D eigenvalue weighted by Gasteiger charge is 2.30. The van der Waals surface area contributed by atoms with Crippen LogP contribution in [0.5, 0.6) is 0 Å². The quantitative estimate of drug-likeness (QED) is 0.722. The lowest BCUT2D eigenvalue weighted by molar-refractivity contribution is -0.152. The predicted molar refractivity (Wildman–Crippen MR) is 82.4 cm³/mol. The number of ether oxygens (including phenoxy) is 2. The molecule has 0 aromatic heterocycles. The highest BCUT2D eigenvalue weighted by Crippen LogP contribution is 2.18. The van der Waals surface area contributed by atoms with Crippen molar-refractivity contribution >= 4 is 11.9 Å². The van der Waals surface area contributed by atoms with Crippen LogP contribution in [-0.2, 0) is 19.1 Å². The Morgan fingerprint density at radius 3 is 2.50 bits per heavy atom. The molecule has 3 unspecified atom stereocenters. The van der Waals surface area contributed by atoms with Gasteiger partial charge in [-0.15, -0.1) is 0 Å². The summed E-state index contributed by atoms with van der Waals surface area (Å²) >= 11 is 0. The maximum Gasteiger partial charge on any atom is 0.310 e. The minimum Gasteiger partial charge on any atom is -0.466 e. The van der Waals surface area contributed by atoms with Gasteiger partial charge in [-0.1, -0.05) is 0 Å². The fourth-order valence-corrected chi connectivity index (χ4v) is 3.32. The molecule has 0 N–H and O–H groups in total. The summed E-state index contributed by atoms with van der Waals surface area (Å²) in [7, 11) is 0. The molecule has 2 rings (SSSR count). The molecular weight excluding hydrogens is 284 g/mol. The van der Waals surface area contributed by atoms with E-state index in [0.29, 0.717) is 32.8 Å². The molecular formula is C16H28N2O4. The van der Waals surface area contributed by atoms with Crippen molar-refractivity contribution in [1.82, 2.24) is 9.80 Å². The molecule has 1 amide bonds. The van der Waals surface area contributed by atoms with Crippen molar-refractivity contribution in [3.05, 3.63) is 0 Å². The average Bonchev–Trinajstić information content (AvgIpc) is 2.46. The smallest absolute Gasteiger partial charge is 0.310 e. The van der Waals surface area contributed by atoms with Gasteiger partial charge in [-0.3, -0.25) is 14.5 Å². The predicted octanol–water partition coefficient (Wildman–Crippen LogP) is 0.897. The van der Waals surface area contributed by atoms with E-state index in [1.807, 2.05) is 25.7 Å². The Morgan fingerprint density at radius 1 is 1.18 bits per heavy atom. The number of carbonyl (C=O) groups excluding carboxylic acids is 2. The van der Waals surface area contributed by atoms with E-state index in [4.69, 9.17) is 9.47 Å². The Hall–Kier alpha value is -1.14. The Labute approximate surface area is 132 Å². The van der Waals surface area contributed by atoms with Crippen molar-refractivity contribution in [2.75, 3.05) is 39.3 Å². The number of amides is 1. The van der Waals surface area contributed by atoms with Crippen LogP contribution in [-0.4, -0.2) is 73.2 Å². The summed E-state index contributed by atoms with van der Waals surface area (Å²) < 4.78 is 10.8. The number of nitrogens with zero attached hydrogens (tertiary/aromatic N) is 2. The molecule has 22 heavy (non-hydrogen) atoms. The van der Waals surface area contributed by atoms with Crippen LogP contribution in [0.2, 0.25) is 0 Å². The summed E-state index contributed by atoms with van der Waals surface area (Å²) in [5, 5.41) is 0. The van der Waals surface area contributed by atoms with Gasteiger partial charge < -0.3 is 14.4 Å². The molecule has 2 aliphatic rings. The van der Waals surface area contributed by atoms with Crippen LogP contribution in [0, 0.1) is 5.92 Å². The van der Waals surface area contributed by atoms with Crippen molar-refractivity contribution in [2.24, 2.45) is 5.92 Å². The van der Waals surface area contributed by atoms with Crippen molar-refractivity contribution in [1.29, 1.82) is 0 Å². The third-order valence-corrected chi connectivity index (χ3v) is 4.26. The van der Waals surface area contributed by atoms with E-state index in [2.05, 4.69) is 4.90 Å². The lowest BCUT2D eigenvalue weighted by Gasteiger charge is -2.37. The Bertz CT molecular complexity index is 392. The molecule has 0 saturated carbocycles. The van der Waals surface area contributed by atoms with E-state index in [9.17, 15) is 9.59 Å². The molecule has 2 heterocycles. The largest absolute Gasteiger partial charge is 0.466 e. The van der Waals surface area contributed by atoms with Crippen LogP contribution in [0.4, 0.5) is 0 Å². The third-order valence-electron chi connectivity index (χ3n) is 4.26. The summed E-state index contributed by atoms with van der Waals surface area (Å²) in [6.07, 6.45) is 1.96. The normalized spacial score (nSPS) is 30.1. The summed E-state index contributed by atoms with van der Waals surface area (Å²) in [6, 6.07) is 0. The van der Waals surface area contributed by atoms with Gasteiger partial charge in [-0.25, -0.2) is 0 Å². The van der Waals surface area contributed by atoms with Crippen molar-refractivity contribution in [3.63, 3.8) is 0 Å². The minimum absolute atomic E-state index is 0.0846. The van der Waals surface area contributed by atoms with E-state index in [1.54, 1.807) is 0 Å². The molecule has 0 spiro atoms. The number of carbonyl (C=O) groups is 2. The molecule has 0 bridgehead atoms. The summed E-state index contributed by atoms with van der Waals surface area (Å²) in [5.41, 5.74) is 0. The second kappa shape index (κ2) is 7.92. The van der Waals surface area contributed by atoms with E-state index in [-0.39, 0.29) is 30.0 Å². The monoisotopic (exact) mass is 312 g/mol. The highest BCUT2D eigenvalue weighted by molar-refractivity contribution is 5.78. The second-order valence-electron chi connectivity index (χ2n) is 6.38. The van der Waals surface area contributed by atoms with Gasteiger partial charge in [0.25, 0.3) is 0 Å². The van der Waals surface area contributed by atoms with Crippen LogP contribution < -0.4 is 0 Å². The van der Waals surface area contributed by atoms with Gasteiger partial charge in [0, 0.05) is 19.6 Å².